The Bertz CT molecular complexity index is 466. The van der Waals surface area contributed by atoms with Gasteiger partial charge in [0.15, 0.2) is 5.75 Å². The van der Waals surface area contributed by atoms with Gasteiger partial charge in [0.1, 0.15) is 0 Å². The normalized spacial score (nSPS) is 11.3. The van der Waals surface area contributed by atoms with Crippen LogP contribution in [0.2, 0.25) is 10.0 Å². The van der Waals surface area contributed by atoms with Gasteiger partial charge in [-0.1, -0.05) is 56.8 Å². The summed E-state index contributed by atoms with van der Waals surface area (Å²) in [5.41, 5.74) is 1.10. The van der Waals surface area contributed by atoms with Crippen molar-refractivity contribution in [3.05, 3.63) is 27.7 Å². The van der Waals surface area contributed by atoms with Gasteiger partial charge < -0.3 is 15.0 Å². The average molecular weight is 403 g/mol. The average Bonchev–Trinajstić information content (AvgIpc) is 2.62. The maximum Gasteiger partial charge on any atom is 0.156 e. The van der Waals surface area contributed by atoms with Crippen LogP contribution in [0.1, 0.15) is 64.9 Å². The smallest absolute Gasteiger partial charge is 0.156 e. The molecule has 1 rings (SSSR count). The van der Waals surface area contributed by atoms with E-state index in [1.807, 2.05) is 12.1 Å². The second-order valence-electron chi connectivity index (χ2n) is 6.82. The molecule has 26 heavy (non-hydrogen) atoms. The van der Waals surface area contributed by atoms with E-state index in [-0.39, 0.29) is 0 Å². The molecule has 0 atom stereocenters. The number of nitrogens with one attached hydrogen (secondary N) is 1. The molecule has 0 saturated heterocycles. The Balaban J connectivity index is 2.35. The van der Waals surface area contributed by atoms with Crippen LogP contribution in [0, 0.1) is 0 Å². The first-order valence-electron chi connectivity index (χ1n) is 10.2. The van der Waals surface area contributed by atoms with Gasteiger partial charge in [-0.2, -0.15) is 0 Å². The van der Waals surface area contributed by atoms with Crippen LogP contribution in [-0.2, 0) is 6.54 Å². The summed E-state index contributed by atoms with van der Waals surface area (Å²) in [6.07, 6.45) is 7.21. The number of rotatable bonds is 15. The van der Waals surface area contributed by atoms with E-state index in [0.29, 0.717) is 22.4 Å². The van der Waals surface area contributed by atoms with Crippen LogP contribution in [0.15, 0.2) is 12.1 Å². The molecule has 1 aromatic carbocycles. The van der Waals surface area contributed by atoms with Gasteiger partial charge in [-0.25, -0.2) is 0 Å². The summed E-state index contributed by atoms with van der Waals surface area (Å²) >= 11 is 12.6. The maximum atomic E-state index is 6.31. The molecule has 0 amide bonds. The molecule has 3 nitrogen and oxygen atoms in total. The number of hydrogen-bond donors (Lipinski definition) is 1. The Morgan fingerprint density at radius 1 is 0.885 bits per heavy atom. The van der Waals surface area contributed by atoms with Crippen LogP contribution in [0.3, 0.4) is 0 Å². The predicted octanol–water partition coefficient (Wildman–Crippen LogP) is 6.16. The fraction of sp³-hybridized carbons (Fsp3) is 0.714. The highest BCUT2D eigenvalue weighted by Gasteiger charge is 2.09. The van der Waals surface area contributed by atoms with Crippen molar-refractivity contribution in [1.82, 2.24) is 10.2 Å². The van der Waals surface area contributed by atoms with Gasteiger partial charge >= 0.3 is 0 Å². The van der Waals surface area contributed by atoms with Gasteiger partial charge in [0.25, 0.3) is 0 Å². The van der Waals surface area contributed by atoms with Gasteiger partial charge in [0.2, 0.25) is 0 Å². The lowest BCUT2D eigenvalue weighted by molar-refractivity contribution is 0.261. The highest BCUT2D eigenvalue weighted by atomic mass is 35.5. The molecule has 0 bridgehead atoms. The highest BCUT2D eigenvalue weighted by molar-refractivity contribution is 6.37. The third-order valence-corrected chi connectivity index (χ3v) is 4.88. The Kier molecular flexibility index (Phi) is 13.2. The molecule has 0 fully saturated rings. The number of hydrogen-bond acceptors (Lipinski definition) is 3. The minimum atomic E-state index is 0.591. The molecular weight excluding hydrogens is 367 g/mol. The summed E-state index contributed by atoms with van der Waals surface area (Å²) in [7, 11) is 0. The molecule has 1 aromatic rings. The standard InChI is InChI=1S/C21H36Cl2N2O/c1-4-7-11-25(12-8-5-2)13-9-10-24-17-18-15-19(22)21(20(23)16-18)26-14-6-3/h15-16,24H,4-14,17H2,1-3H3. The summed E-state index contributed by atoms with van der Waals surface area (Å²) in [6.45, 7) is 12.6. The number of nitrogens with zero attached hydrogens (tertiary/aromatic N) is 1. The zero-order valence-electron chi connectivity index (χ0n) is 16.8. The second-order valence-corrected chi connectivity index (χ2v) is 7.63. The van der Waals surface area contributed by atoms with Gasteiger partial charge in [-0.15, -0.1) is 0 Å². The lowest BCUT2D eigenvalue weighted by Gasteiger charge is -2.22. The van der Waals surface area contributed by atoms with Crippen molar-refractivity contribution in [2.24, 2.45) is 0 Å². The monoisotopic (exact) mass is 402 g/mol. The molecule has 1 N–H and O–H groups in total. The molecule has 0 aromatic heterocycles. The molecule has 0 radical (unpaired) electrons. The molecule has 150 valence electrons. The lowest BCUT2D eigenvalue weighted by Crippen LogP contribution is -2.29. The Morgan fingerprint density at radius 2 is 1.46 bits per heavy atom. The number of unbranched alkanes of at least 4 members (excludes halogenated alkanes) is 2. The van der Waals surface area contributed by atoms with Crippen molar-refractivity contribution >= 4 is 23.2 Å². The first-order chi connectivity index (χ1) is 12.6. The van der Waals surface area contributed by atoms with Crippen molar-refractivity contribution in [3.63, 3.8) is 0 Å². The van der Waals surface area contributed by atoms with Crippen molar-refractivity contribution in [3.8, 4) is 5.75 Å². The third kappa shape index (κ3) is 9.45. The Hall–Kier alpha value is -0.480. The predicted molar refractivity (Wildman–Crippen MR) is 115 cm³/mol. The fourth-order valence-corrected chi connectivity index (χ4v) is 3.46. The molecule has 0 unspecified atom stereocenters. The van der Waals surface area contributed by atoms with Gasteiger partial charge in [-0.05, 0) is 69.6 Å². The van der Waals surface area contributed by atoms with Crippen LogP contribution in [-0.4, -0.2) is 37.7 Å². The number of ether oxygens (including phenoxy) is 1. The first-order valence-corrected chi connectivity index (χ1v) is 10.9. The van der Waals surface area contributed by atoms with Crippen molar-refractivity contribution in [2.45, 2.75) is 65.8 Å². The topological polar surface area (TPSA) is 24.5 Å². The zero-order chi connectivity index (χ0) is 19.2. The highest BCUT2D eigenvalue weighted by Crippen LogP contribution is 2.34. The molecule has 0 spiro atoms. The van der Waals surface area contributed by atoms with Gasteiger partial charge in [0.05, 0.1) is 16.7 Å². The van der Waals surface area contributed by atoms with Crippen LogP contribution < -0.4 is 10.1 Å². The Morgan fingerprint density at radius 3 is 2.00 bits per heavy atom. The van der Waals surface area contributed by atoms with E-state index in [1.165, 1.54) is 38.8 Å². The van der Waals surface area contributed by atoms with E-state index in [1.54, 1.807) is 0 Å². The number of benzene rings is 1. The summed E-state index contributed by atoms with van der Waals surface area (Å²) in [4.78, 5) is 2.60. The largest absolute Gasteiger partial charge is 0.490 e. The fourth-order valence-electron chi connectivity index (χ4n) is 2.82. The summed E-state index contributed by atoms with van der Waals surface area (Å²) in [5.74, 6) is 0.599. The van der Waals surface area contributed by atoms with E-state index < -0.39 is 0 Å². The molecule has 0 heterocycles. The van der Waals surface area contributed by atoms with Gasteiger partial charge in [0, 0.05) is 6.54 Å². The summed E-state index contributed by atoms with van der Waals surface area (Å²) < 4.78 is 5.62. The van der Waals surface area contributed by atoms with E-state index >= 15 is 0 Å². The van der Waals surface area contributed by atoms with Crippen LogP contribution >= 0.6 is 23.2 Å². The molecular formula is C21H36Cl2N2O. The minimum absolute atomic E-state index is 0.591. The molecule has 5 heteroatoms. The number of halogens is 2. The maximum absolute atomic E-state index is 6.31. The third-order valence-electron chi connectivity index (χ3n) is 4.32. The van der Waals surface area contributed by atoms with E-state index in [2.05, 4.69) is 31.0 Å². The van der Waals surface area contributed by atoms with Crippen molar-refractivity contribution in [2.75, 3.05) is 32.8 Å². The van der Waals surface area contributed by atoms with E-state index in [4.69, 9.17) is 27.9 Å². The molecule has 0 aliphatic carbocycles. The summed E-state index contributed by atoms with van der Waals surface area (Å²) in [5, 5.41) is 4.68. The lowest BCUT2D eigenvalue weighted by atomic mass is 10.2. The Labute approximate surface area is 170 Å². The quantitative estimate of drug-likeness (QED) is 0.355. The van der Waals surface area contributed by atoms with Crippen LogP contribution in [0.5, 0.6) is 5.75 Å². The molecule has 0 aliphatic rings. The van der Waals surface area contributed by atoms with E-state index in [9.17, 15) is 0 Å². The van der Waals surface area contributed by atoms with Gasteiger partial charge in [-0.3, -0.25) is 0 Å². The second kappa shape index (κ2) is 14.6. The zero-order valence-corrected chi connectivity index (χ0v) is 18.3. The SMILES string of the molecule is CCCCN(CCCC)CCCNCc1cc(Cl)c(OCCC)c(Cl)c1. The molecule has 0 saturated carbocycles. The van der Waals surface area contributed by atoms with E-state index in [0.717, 1.165) is 38.0 Å². The first kappa shape index (κ1) is 23.6. The van der Waals surface area contributed by atoms with Crippen LogP contribution in [0.4, 0.5) is 0 Å². The molecule has 0 aliphatic heterocycles. The van der Waals surface area contributed by atoms with Crippen LogP contribution in [0.25, 0.3) is 0 Å². The van der Waals surface area contributed by atoms with Crippen molar-refractivity contribution < 1.29 is 4.74 Å². The van der Waals surface area contributed by atoms with Crippen molar-refractivity contribution in [1.29, 1.82) is 0 Å². The summed E-state index contributed by atoms with van der Waals surface area (Å²) in [6, 6.07) is 3.89. The minimum Gasteiger partial charge on any atom is -0.490 e.